The van der Waals surface area contributed by atoms with Gasteiger partial charge in [0.1, 0.15) is 5.58 Å². The Kier molecular flexibility index (Phi) is 5.12. The second-order valence-electron chi connectivity index (χ2n) is 3.54. The molecule has 2 aromatic heterocycles. The molecule has 0 aliphatic carbocycles. The molecule has 2 rings (SSSR count). The molecular weight excluding hydrogens is 193 g/mol. The molecule has 0 spiro atoms. The third-order valence-corrected chi connectivity index (χ3v) is 2.19. The van der Waals surface area contributed by atoms with E-state index in [2.05, 4.69) is 6.92 Å². The molecule has 15 heavy (non-hydrogen) atoms. The van der Waals surface area contributed by atoms with E-state index in [-0.39, 0.29) is 5.82 Å². The third kappa shape index (κ3) is 3.88. The fourth-order valence-electron chi connectivity index (χ4n) is 1.33. The van der Waals surface area contributed by atoms with Crippen LogP contribution in [0.2, 0.25) is 0 Å². The van der Waals surface area contributed by atoms with Crippen molar-refractivity contribution in [1.29, 1.82) is 0 Å². The van der Waals surface area contributed by atoms with Crippen LogP contribution >= 0.6 is 0 Å². The van der Waals surface area contributed by atoms with E-state index in [1.165, 1.54) is 31.7 Å². The molecular formula is C12H18FNO. The van der Waals surface area contributed by atoms with Gasteiger partial charge in [0.25, 0.3) is 0 Å². The molecule has 0 aliphatic rings. The van der Waals surface area contributed by atoms with Crippen molar-refractivity contribution in [3.05, 3.63) is 24.0 Å². The molecule has 0 saturated carbocycles. The molecule has 2 heterocycles. The monoisotopic (exact) mass is 211 g/mol. The highest BCUT2D eigenvalue weighted by Crippen LogP contribution is 2.19. The minimum atomic E-state index is -0.262. The Hall–Kier alpha value is -1.09. The summed E-state index contributed by atoms with van der Waals surface area (Å²) in [5.41, 5.74) is 6.23. The number of nitrogens with two attached hydrogens (primary N) is 1. The summed E-state index contributed by atoms with van der Waals surface area (Å²) in [7, 11) is 0. The van der Waals surface area contributed by atoms with Gasteiger partial charge in [0.15, 0.2) is 11.4 Å². The van der Waals surface area contributed by atoms with E-state index in [4.69, 9.17) is 10.2 Å². The van der Waals surface area contributed by atoms with Crippen molar-refractivity contribution < 1.29 is 8.81 Å². The van der Waals surface area contributed by atoms with E-state index in [1.807, 2.05) is 0 Å². The summed E-state index contributed by atoms with van der Waals surface area (Å²) in [6.07, 6.45) is 5.16. The highest BCUT2D eigenvalue weighted by molar-refractivity contribution is 5.60. The van der Waals surface area contributed by atoms with Crippen molar-refractivity contribution in [2.24, 2.45) is 5.73 Å². The van der Waals surface area contributed by atoms with Gasteiger partial charge in [-0.2, -0.15) is 0 Å². The lowest BCUT2D eigenvalue weighted by Crippen LogP contribution is -1.97. The largest absolute Gasteiger partial charge is 0.454 e. The summed E-state index contributed by atoms with van der Waals surface area (Å²) in [5.74, 6) is -0.262. The molecule has 2 aromatic rings. The van der Waals surface area contributed by atoms with Crippen LogP contribution in [0.1, 0.15) is 32.6 Å². The van der Waals surface area contributed by atoms with Gasteiger partial charge in [0, 0.05) is 6.07 Å². The zero-order valence-electron chi connectivity index (χ0n) is 9.13. The predicted octanol–water partition coefficient (Wildman–Crippen LogP) is 3.54. The number of halogens is 1. The molecule has 0 aromatic carbocycles. The summed E-state index contributed by atoms with van der Waals surface area (Å²) in [6.45, 7) is 3.07. The van der Waals surface area contributed by atoms with E-state index in [0.29, 0.717) is 11.2 Å². The maximum atomic E-state index is 12.2. The van der Waals surface area contributed by atoms with E-state index in [0.717, 1.165) is 6.54 Å². The number of unbranched alkanes of at least 4 members (excludes halogenated alkanes) is 3. The van der Waals surface area contributed by atoms with Gasteiger partial charge in [-0.25, -0.2) is 4.39 Å². The van der Waals surface area contributed by atoms with E-state index >= 15 is 0 Å². The van der Waals surface area contributed by atoms with Gasteiger partial charge in [-0.05, 0) is 25.1 Å². The highest BCUT2D eigenvalue weighted by atomic mass is 19.1. The Balaban J connectivity index is 0.000000153. The fraction of sp³-hybridized carbons (Fsp3) is 0.500. The summed E-state index contributed by atoms with van der Waals surface area (Å²) in [4.78, 5) is 0. The molecule has 0 atom stereocenters. The van der Waals surface area contributed by atoms with Crippen LogP contribution in [0, 0.1) is 5.82 Å². The SMILES string of the molecule is CCCCCCN.Fc1cc2ccc1o2. The number of rotatable bonds is 4. The van der Waals surface area contributed by atoms with Crippen LogP contribution in [0.3, 0.4) is 0 Å². The topological polar surface area (TPSA) is 39.2 Å². The highest BCUT2D eigenvalue weighted by Gasteiger charge is 2.03. The van der Waals surface area contributed by atoms with Gasteiger partial charge < -0.3 is 10.2 Å². The number of benzene rings is 1. The van der Waals surface area contributed by atoms with Crippen LogP contribution in [-0.4, -0.2) is 6.54 Å². The van der Waals surface area contributed by atoms with Crippen molar-refractivity contribution in [3.63, 3.8) is 0 Å². The third-order valence-electron chi connectivity index (χ3n) is 2.19. The van der Waals surface area contributed by atoms with Crippen LogP contribution in [0.15, 0.2) is 22.6 Å². The Labute approximate surface area is 89.6 Å². The summed E-state index contributed by atoms with van der Waals surface area (Å²) >= 11 is 0. The molecule has 0 aliphatic heterocycles. The van der Waals surface area contributed by atoms with Crippen molar-refractivity contribution in [2.45, 2.75) is 32.6 Å². The Morgan fingerprint density at radius 3 is 2.40 bits per heavy atom. The fourth-order valence-corrected chi connectivity index (χ4v) is 1.33. The lowest BCUT2D eigenvalue weighted by Gasteiger charge is -1.90. The van der Waals surface area contributed by atoms with Gasteiger partial charge in [-0.15, -0.1) is 0 Å². The van der Waals surface area contributed by atoms with Crippen LogP contribution in [-0.2, 0) is 0 Å². The van der Waals surface area contributed by atoms with Gasteiger partial charge in [0.05, 0.1) is 0 Å². The number of hydrogen-bond donors (Lipinski definition) is 1. The molecule has 0 fully saturated rings. The van der Waals surface area contributed by atoms with E-state index in [1.54, 1.807) is 12.1 Å². The van der Waals surface area contributed by atoms with Crippen molar-refractivity contribution in [1.82, 2.24) is 0 Å². The molecule has 2 bridgehead atoms. The molecule has 0 radical (unpaired) electrons. The first kappa shape index (κ1) is 12.0. The number of fused-ring (bicyclic) bond motifs is 2. The second kappa shape index (κ2) is 6.40. The average Bonchev–Trinajstić information content (AvgIpc) is 2.81. The normalized spacial score (nSPS) is 10.3. The first-order valence-corrected chi connectivity index (χ1v) is 5.45. The Bertz CT molecular complexity index is 354. The first-order chi connectivity index (χ1) is 7.27. The summed E-state index contributed by atoms with van der Waals surface area (Å²) < 4.78 is 17.1. The number of hydrogen-bond acceptors (Lipinski definition) is 2. The summed E-state index contributed by atoms with van der Waals surface area (Å²) in [5, 5.41) is 0. The average molecular weight is 211 g/mol. The van der Waals surface area contributed by atoms with Gasteiger partial charge in [-0.3, -0.25) is 0 Å². The molecule has 2 N–H and O–H groups in total. The molecule has 3 heteroatoms. The maximum absolute atomic E-state index is 12.2. The lowest BCUT2D eigenvalue weighted by atomic mass is 10.2. The Morgan fingerprint density at radius 1 is 1.27 bits per heavy atom. The zero-order chi connectivity index (χ0) is 11.1. The zero-order valence-corrected chi connectivity index (χ0v) is 9.13. The maximum Gasteiger partial charge on any atom is 0.169 e. The minimum Gasteiger partial charge on any atom is -0.454 e. The van der Waals surface area contributed by atoms with Crippen LogP contribution in [0.4, 0.5) is 4.39 Å². The van der Waals surface area contributed by atoms with Gasteiger partial charge in [0.2, 0.25) is 0 Å². The molecule has 0 saturated heterocycles. The lowest BCUT2D eigenvalue weighted by molar-refractivity contribution is 0.608. The van der Waals surface area contributed by atoms with Crippen LogP contribution < -0.4 is 5.73 Å². The quantitative estimate of drug-likeness (QED) is 0.786. The van der Waals surface area contributed by atoms with E-state index < -0.39 is 0 Å². The standard InChI is InChI=1S/C6H3FO.C6H15N/c7-5-3-4-1-2-6(5)8-4;1-2-3-4-5-6-7/h1-3H;2-7H2,1H3. The smallest absolute Gasteiger partial charge is 0.169 e. The first-order valence-electron chi connectivity index (χ1n) is 5.45. The second-order valence-corrected chi connectivity index (χ2v) is 3.54. The van der Waals surface area contributed by atoms with Crippen molar-refractivity contribution in [3.8, 4) is 0 Å². The Morgan fingerprint density at radius 2 is 2.07 bits per heavy atom. The predicted molar refractivity (Wildman–Crippen MR) is 60.6 cm³/mol. The van der Waals surface area contributed by atoms with Crippen molar-refractivity contribution >= 4 is 11.2 Å². The molecule has 84 valence electrons. The van der Waals surface area contributed by atoms with Crippen molar-refractivity contribution in [2.75, 3.05) is 6.54 Å². The van der Waals surface area contributed by atoms with Crippen LogP contribution in [0.5, 0.6) is 0 Å². The summed E-state index contributed by atoms with van der Waals surface area (Å²) in [6, 6.07) is 4.72. The molecule has 0 unspecified atom stereocenters. The van der Waals surface area contributed by atoms with Gasteiger partial charge in [-0.1, -0.05) is 26.2 Å². The number of furan rings is 2. The minimum absolute atomic E-state index is 0.262. The molecule has 2 nitrogen and oxygen atoms in total. The van der Waals surface area contributed by atoms with Crippen LogP contribution in [0.25, 0.3) is 11.2 Å². The van der Waals surface area contributed by atoms with E-state index in [9.17, 15) is 4.39 Å². The van der Waals surface area contributed by atoms with Gasteiger partial charge >= 0.3 is 0 Å². The molecule has 0 amide bonds.